The van der Waals surface area contributed by atoms with Gasteiger partial charge >= 0.3 is 6.09 Å². The number of carbonyl (C=O) groups excluding carboxylic acids is 1. The van der Waals surface area contributed by atoms with Crippen LogP contribution in [-0.2, 0) is 21.8 Å². The van der Waals surface area contributed by atoms with Gasteiger partial charge in [-0.05, 0) is 61.2 Å². The van der Waals surface area contributed by atoms with Crippen LogP contribution in [0.5, 0.6) is 0 Å². The van der Waals surface area contributed by atoms with Crippen LogP contribution in [0.1, 0.15) is 64.1 Å². The van der Waals surface area contributed by atoms with Gasteiger partial charge in [0, 0.05) is 38.2 Å². The van der Waals surface area contributed by atoms with Crippen molar-refractivity contribution in [1.82, 2.24) is 14.5 Å². The molecule has 1 saturated heterocycles. The molecule has 0 unspecified atom stereocenters. The van der Waals surface area contributed by atoms with Crippen LogP contribution in [0.15, 0.2) is 65.7 Å². The van der Waals surface area contributed by atoms with Gasteiger partial charge < -0.3 is 18.6 Å². The largest absolute Gasteiger partial charge is 0.438 e. The second-order valence-electron chi connectivity index (χ2n) is 12.5. The Balaban J connectivity index is 1.48. The van der Waals surface area contributed by atoms with Crippen molar-refractivity contribution in [2.24, 2.45) is 7.05 Å². The van der Waals surface area contributed by atoms with Gasteiger partial charge in [-0.1, -0.05) is 57.2 Å². The highest BCUT2D eigenvalue weighted by atomic mass is 28.4. The third kappa shape index (κ3) is 6.78. The Morgan fingerprint density at radius 3 is 2.34 bits per heavy atom. The number of benzene rings is 2. The second-order valence-corrected chi connectivity index (χ2v) is 17.4. The first kappa shape index (κ1) is 30.7. The topological polar surface area (TPSA) is 73.7 Å². The molecule has 41 heavy (non-hydrogen) atoms. The lowest BCUT2D eigenvalue weighted by molar-refractivity contribution is -0.0678. The minimum atomic E-state index is -1.90. The standard InChI is InChI=1S/C32H42FN3O4Si/c1-23(24-9-11-25(12-10-24)28-21-29(37)35(5)22-34-28)36-19-18-32(40-30(36)38,26-13-15-27(33)16-14-26)17-8-20-39-41(6,7)31(2,3)4/h9-16,21-23H,8,17-20H2,1-7H3/t23-,32+/m0/s1. The van der Waals surface area contributed by atoms with Crippen molar-refractivity contribution in [3.8, 4) is 11.3 Å². The summed E-state index contributed by atoms with van der Waals surface area (Å²) in [5, 5.41) is 0.114. The molecule has 1 fully saturated rings. The number of aromatic nitrogens is 2. The minimum absolute atomic E-state index is 0.114. The van der Waals surface area contributed by atoms with E-state index in [1.54, 1.807) is 24.1 Å². The van der Waals surface area contributed by atoms with E-state index in [2.05, 4.69) is 38.8 Å². The summed E-state index contributed by atoms with van der Waals surface area (Å²) in [6.45, 7) is 14.2. The first-order valence-electron chi connectivity index (χ1n) is 14.3. The van der Waals surface area contributed by atoms with Gasteiger partial charge in [-0.3, -0.25) is 4.79 Å². The number of hydrogen-bond donors (Lipinski definition) is 0. The summed E-state index contributed by atoms with van der Waals surface area (Å²) in [4.78, 5) is 31.6. The third-order valence-electron chi connectivity index (χ3n) is 8.77. The van der Waals surface area contributed by atoms with E-state index in [1.165, 1.54) is 29.1 Å². The maximum atomic E-state index is 13.8. The molecule has 7 nitrogen and oxygen atoms in total. The van der Waals surface area contributed by atoms with Crippen molar-refractivity contribution in [3.63, 3.8) is 0 Å². The first-order valence-corrected chi connectivity index (χ1v) is 17.2. The van der Waals surface area contributed by atoms with Crippen LogP contribution in [0.2, 0.25) is 18.1 Å². The number of halogens is 1. The molecular formula is C32H42FN3O4Si. The summed E-state index contributed by atoms with van der Waals surface area (Å²) in [6, 6.07) is 15.3. The predicted molar refractivity (Wildman–Crippen MR) is 162 cm³/mol. The van der Waals surface area contributed by atoms with Crippen LogP contribution >= 0.6 is 0 Å². The van der Waals surface area contributed by atoms with Gasteiger partial charge in [-0.2, -0.15) is 0 Å². The number of amides is 1. The quantitative estimate of drug-likeness (QED) is 0.198. The molecule has 0 aliphatic carbocycles. The van der Waals surface area contributed by atoms with Gasteiger partial charge in [0.2, 0.25) is 0 Å². The molecule has 3 aromatic rings. The normalized spacial score (nSPS) is 18.7. The van der Waals surface area contributed by atoms with Crippen LogP contribution in [-0.4, -0.2) is 42.0 Å². The Morgan fingerprint density at radius 2 is 1.76 bits per heavy atom. The van der Waals surface area contributed by atoms with E-state index in [0.29, 0.717) is 31.7 Å². The Morgan fingerprint density at radius 1 is 1.10 bits per heavy atom. The summed E-state index contributed by atoms with van der Waals surface area (Å²) in [7, 11) is -0.235. The van der Waals surface area contributed by atoms with Crippen molar-refractivity contribution in [3.05, 3.63) is 88.2 Å². The molecule has 220 valence electrons. The molecule has 4 rings (SSSR count). The van der Waals surface area contributed by atoms with Gasteiger partial charge in [-0.15, -0.1) is 0 Å². The third-order valence-corrected chi connectivity index (χ3v) is 13.3. The highest BCUT2D eigenvalue weighted by Gasteiger charge is 2.44. The summed E-state index contributed by atoms with van der Waals surface area (Å²) in [5.74, 6) is -0.322. The SMILES string of the molecule is C[C@@H](c1ccc(-c2cc(=O)n(C)cn2)cc1)N1CC[C@](CCCO[Si](C)(C)C(C)(C)C)(c2ccc(F)cc2)OC1=O. The minimum Gasteiger partial charge on any atom is -0.438 e. The lowest BCUT2D eigenvalue weighted by Crippen LogP contribution is -2.49. The molecule has 1 aromatic heterocycles. The summed E-state index contributed by atoms with van der Waals surface area (Å²) < 4.78 is 27.8. The molecule has 2 atom stereocenters. The monoisotopic (exact) mass is 579 g/mol. The molecule has 1 amide bonds. The first-order chi connectivity index (χ1) is 19.2. The van der Waals surface area contributed by atoms with Crippen LogP contribution in [0, 0.1) is 5.82 Å². The van der Waals surface area contributed by atoms with Gasteiger partial charge in [0.1, 0.15) is 11.4 Å². The smallest absolute Gasteiger partial charge is 0.411 e. The predicted octanol–water partition coefficient (Wildman–Crippen LogP) is 7.19. The van der Waals surface area contributed by atoms with Gasteiger partial charge in [0.25, 0.3) is 5.56 Å². The van der Waals surface area contributed by atoms with Crippen molar-refractivity contribution < 1.29 is 18.3 Å². The zero-order valence-electron chi connectivity index (χ0n) is 25.2. The highest BCUT2D eigenvalue weighted by Crippen LogP contribution is 2.41. The molecule has 0 bridgehead atoms. The number of cyclic esters (lactones) is 1. The molecule has 2 aromatic carbocycles. The number of hydrogen-bond acceptors (Lipinski definition) is 5. The van der Waals surface area contributed by atoms with Crippen LogP contribution in [0.25, 0.3) is 11.3 Å². The zero-order chi connectivity index (χ0) is 30.0. The average molecular weight is 580 g/mol. The number of ether oxygens (including phenoxy) is 1. The lowest BCUT2D eigenvalue weighted by Gasteiger charge is -2.44. The highest BCUT2D eigenvalue weighted by molar-refractivity contribution is 6.74. The van der Waals surface area contributed by atoms with Crippen molar-refractivity contribution in [2.45, 2.75) is 76.7 Å². The van der Waals surface area contributed by atoms with Crippen LogP contribution in [0.4, 0.5) is 9.18 Å². The van der Waals surface area contributed by atoms with E-state index in [0.717, 1.165) is 23.1 Å². The number of rotatable bonds is 9. The van der Waals surface area contributed by atoms with Gasteiger partial charge in [-0.25, -0.2) is 14.2 Å². The number of carbonyl (C=O) groups is 1. The van der Waals surface area contributed by atoms with Crippen LogP contribution < -0.4 is 5.56 Å². The maximum absolute atomic E-state index is 13.8. The van der Waals surface area contributed by atoms with Gasteiger partial charge in [0.15, 0.2) is 8.32 Å². The Kier molecular flexibility index (Phi) is 8.89. The van der Waals surface area contributed by atoms with Crippen molar-refractivity contribution in [1.29, 1.82) is 0 Å². The molecule has 1 aliphatic rings. The average Bonchev–Trinajstić information content (AvgIpc) is 2.92. The zero-order valence-corrected chi connectivity index (χ0v) is 26.2. The summed E-state index contributed by atoms with van der Waals surface area (Å²) in [5.41, 5.74) is 2.22. The second kappa shape index (κ2) is 11.9. The van der Waals surface area contributed by atoms with Crippen molar-refractivity contribution >= 4 is 14.4 Å². The van der Waals surface area contributed by atoms with Gasteiger partial charge in [0.05, 0.1) is 18.1 Å². The molecule has 0 radical (unpaired) electrons. The molecular weight excluding hydrogens is 537 g/mol. The molecule has 0 spiro atoms. The van der Waals surface area contributed by atoms with E-state index in [4.69, 9.17) is 9.16 Å². The van der Waals surface area contributed by atoms with E-state index < -0.39 is 20.0 Å². The lowest BCUT2D eigenvalue weighted by atomic mass is 9.84. The Hall–Kier alpha value is -3.30. The fraction of sp³-hybridized carbons (Fsp3) is 0.469. The van der Waals surface area contributed by atoms with E-state index in [-0.39, 0.29) is 22.5 Å². The maximum Gasteiger partial charge on any atom is 0.411 e. The Labute approximate surface area is 243 Å². The fourth-order valence-electron chi connectivity index (χ4n) is 4.93. The Bertz CT molecular complexity index is 1420. The fourth-order valence-corrected chi connectivity index (χ4v) is 6.02. The summed E-state index contributed by atoms with van der Waals surface area (Å²) in [6.07, 6.45) is 3.02. The van der Waals surface area contributed by atoms with E-state index in [1.807, 2.05) is 31.2 Å². The molecule has 0 N–H and O–H groups in total. The van der Waals surface area contributed by atoms with E-state index >= 15 is 0 Å². The van der Waals surface area contributed by atoms with Crippen molar-refractivity contribution in [2.75, 3.05) is 13.2 Å². The molecule has 2 heterocycles. The molecule has 9 heteroatoms. The molecule has 0 saturated carbocycles. The summed E-state index contributed by atoms with van der Waals surface area (Å²) >= 11 is 0. The van der Waals surface area contributed by atoms with Crippen LogP contribution in [0.3, 0.4) is 0 Å². The number of aryl methyl sites for hydroxylation is 1. The van der Waals surface area contributed by atoms with E-state index in [9.17, 15) is 14.0 Å². The number of nitrogens with zero attached hydrogens (tertiary/aromatic N) is 3. The molecule has 1 aliphatic heterocycles.